The Kier molecular flexibility index (Phi) is 4.66. The van der Waals surface area contributed by atoms with Crippen LogP contribution >= 0.6 is 11.8 Å². The zero-order chi connectivity index (χ0) is 13.7. The highest BCUT2D eigenvalue weighted by atomic mass is 32.2. The lowest BCUT2D eigenvalue weighted by Crippen LogP contribution is -1.93. The molecule has 0 bridgehead atoms. The van der Waals surface area contributed by atoms with Crippen LogP contribution in [-0.4, -0.2) is 0 Å². The summed E-state index contributed by atoms with van der Waals surface area (Å²) in [6.45, 7) is 2.11. The highest BCUT2D eigenvalue weighted by Crippen LogP contribution is 2.32. The number of thiocyanates is 1. The highest BCUT2D eigenvalue weighted by molar-refractivity contribution is 8.07. The first-order chi connectivity index (χ1) is 9.19. The van der Waals surface area contributed by atoms with Crippen LogP contribution in [-0.2, 0) is 0 Å². The summed E-state index contributed by atoms with van der Waals surface area (Å²) in [4.78, 5) is 0.517. The van der Waals surface area contributed by atoms with Crippen LogP contribution in [0.2, 0.25) is 0 Å². The van der Waals surface area contributed by atoms with Gasteiger partial charge in [0.15, 0.2) is 0 Å². The molecule has 0 saturated carbocycles. The summed E-state index contributed by atoms with van der Waals surface area (Å²) in [5, 5.41) is 10.5. The maximum atomic E-state index is 13.6. The lowest BCUT2D eigenvalue weighted by Gasteiger charge is -2.10. The van der Waals surface area contributed by atoms with E-state index in [9.17, 15) is 4.39 Å². The average molecular weight is 271 g/mol. The average Bonchev–Trinajstić information content (AvgIpc) is 2.41. The predicted octanol–water partition coefficient (Wildman–Crippen LogP) is 4.77. The van der Waals surface area contributed by atoms with E-state index in [0.29, 0.717) is 17.7 Å². The van der Waals surface area contributed by atoms with E-state index in [1.165, 1.54) is 11.6 Å². The molecule has 96 valence electrons. The van der Waals surface area contributed by atoms with Gasteiger partial charge < -0.3 is 0 Å². The van der Waals surface area contributed by atoms with Crippen LogP contribution in [0.3, 0.4) is 0 Å². The molecule has 2 aliphatic rings. The summed E-state index contributed by atoms with van der Waals surface area (Å²) in [7, 11) is 0. The van der Waals surface area contributed by atoms with E-state index in [2.05, 4.69) is 24.8 Å². The zero-order valence-corrected chi connectivity index (χ0v) is 11.6. The van der Waals surface area contributed by atoms with E-state index in [-0.39, 0.29) is 5.83 Å². The third kappa shape index (κ3) is 3.88. The summed E-state index contributed by atoms with van der Waals surface area (Å²) in [5.41, 5.74) is 3.29. The molecule has 0 aromatic carbocycles. The summed E-state index contributed by atoms with van der Waals surface area (Å²) in [6.07, 6.45) is 8.90. The Hall–Kier alpha value is -1.71. The molecule has 0 spiro atoms. The molecule has 0 saturated heterocycles. The molecular formula is C16H14FNS. The lowest BCUT2D eigenvalue weighted by molar-refractivity contribution is 0.646. The second-order valence-corrected chi connectivity index (χ2v) is 5.47. The van der Waals surface area contributed by atoms with Crippen LogP contribution < -0.4 is 0 Å². The van der Waals surface area contributed by atoms with E-state index < -0.39 is 0 Å². The Morgan fingerprint density at radius 1 is 1.11 bits per heavy atom. The monoisotopic (exact) mass is 271 g/mol. The standard InChI is InChI=1S/C16H14FNS/c1-12-2-4-13(5-3-12)6-7-14-8-9-16(19-11-18)15(17)10-14/h2,4,10H,3,5,8-9H2,1H3. The Labute approximate surface area is 117 Å². The number of hydrogen-bond donors (Lipinski definition) is 0. The Morgan fingerprint density at radius 2 is 1.84 bits per heavy atom. The Bertz CT molecular complexity index is 603. The molecule has 0 radical (unpaired) electrons. The molecule has 0 unspecified atom stereocenters. The summed E-state index contributed by atoms with van der Waals surface area (Å²) in [5.74, 6) is 5.85. The van der Waals surface area contributed by atoms with Crippen molar-refractivity contribution in [3.05, 3.63) is 45.7 Å². The van der Waals surface area contributed by atoms with Gasteiger partial charge in [0.05, 0.1) is 0 Å². The first-order valence-corrected chi connectivity index (χ1v) is 7.04. The van der Waals surface area contributed by atoms with Crippen molar-refractivity contribution in [3.8, 4) is 17.2 Å². The first kappa shape index (κ1) is 13.7. The van der Waals surface area contributed by atoms with Gasteiger partial charge in [-0.05, 0) is 50.4 Å². The normalized spacial score (nSPS) is 18.7. The fraction of sp³-hybridized carbons (Fsp3) is 0.312. The third-order valence-electron chi connectivity index (χ3n) is 3.10. The van der Waals surface area contributed by atoms with Gasteiger partial charge in [-0.3, -0.25) is 0 Å². The first-order valence-electron chi connectivity index (χ1n) is 6.22. The molecule has 19 heavy (non-hydrogen) atoms. The van der Waals surface area contributed by atoms with Gasteiger partial charge >= 0.3 is 0 Å². The molecule has 0 fully saturated rings. The van der Waals surface area contributed by atoms with Crippen molar-refractivity contribution in [2.45, 2.75) is 32.6 Å². The minimum atomic E-state index is -0.310. The molecule has 0 heterocycles. The van der Waals surface area contributed by atoms with Crippen molar-refractivity contribution in [2.75, 3.05) is 0 Å². The quantitative estimate of drug-likeness (QED) is 0.506. The van der Waals surface area contributed by atoms with Crippen LogP contribution in [0.4, 0.5) is 4.39 Å². The molecule has 0 aromatic heterocycles. The van der Waals surface area contributed by atoms with Gasteiger partial charge in [0.2, 0.25) is 0 Å². The summed E-state index contributed by atoms with van der Waals surface area (Å²) < 4.78 is 13.6. The number of nitrogens with zero attached hydrogens (tertiary/aromatic N) is 1. The summed E-state index contributed by atoms with van der Waals surface area (Å²) >= 11 is 0.907. The van der Waals surface area contributed by atoms with Gasteiger partial charge in [0.1, 0.15) is 11.2 Å². The SMILES string of the molecule is CC1=CC=C(C#CC2=CC(F)=C(SC#N)CC2)CC1. The molecule has 0 N–H and O–H groups in total. The summed E-state index contributed by atoms with van der Waals surface area (Å²) in [6, 6.07) is 0. The number of hydrogen-bond acceptors (Lipinski definition) is 2. The van der Waals surface area contributed by atoms with Crippen LogP contribution in [0, 0.1) is 22.5 Å². The van der Waals surface area contributed by atoms with Crippen molar-refractivity contribution in [2.24, 2.45) is 0 Å². The van der Waals surface area contributed by atoms with Gasteiger partial charge in [-0.25, -0.2) is 4.39 Å². The van der Waals surface area contributed by atoms with E-state index >= 15 is 0 Å². The largest absolute Gasteiger partial charge is 0.206 e. The molecule has 1 nitrogen and oxygen atoms in total. The van der Waals surface area contributed by atoms with Crippen LogP contribution in [0.25, 0.3) is 0 Å². The molecule has 0 amide bonds. The minimum Gasteiger partial charge on any atom is -0.206 e. The van der Waals surface area contributed by atoms with Gasteiger partial charge in [-0.2, -0.15) is 5.26 Å². The topological polar surface area (TPSA) is 23.8 Å². The smallest absolute Gasteiger partial charge is 0.138 e. The van der Waals surface area contributed by atoms with Crippen molar-refractivity contribution < 1.29 is 4.39 Å². The molecule has 2 aliphatic carbocycles. The molecule has 2 rings (SSSR count). The van der Waals surface area contributed by atoms with E-state index in [1.807, 2.05) is 11.5 Å². The van der Waals surface area contributed by atoms with E-state index in [4.69, 9.17) is 5.26 Å². The van der Waals surface area contributed by atoms with Crippen LogP contribution in [0.15, 0.2) is 45.7 Å². The van der Waals surface area contributed by atoms with E-state index in [0.717, 1.165) is 35.7 Å². The predicted molar refractivity (Wildman–Crippen MR) is 77.5 cm³/mol. The fourth-order valence-electron chi connectivity index (χ4n) is 1.93. The zero-order valence-electron chi connectivity index (χ0n) is 10.8. The van der Waals surface area contributed by atoms with Gasteiger partial charge in [0.25, 0.3) is 0 Å². The van der Waals surface area contributed by atoms with Gasteiger partial charge in [-0.15, -0.1) is 0 Å². The maximum absolute atomic E-state index is 13.6. The molecule has 0 aromatic rings. The number of thioether (sulfide) groups is 1. The van der Waals surface area contributed by atoms with Gasteiger partial charge in [0, 0.05) is 16.1 Å². The highest BCUT2D eigenvalue weighted by Gasteiger charge is 2.13. The van der Waals surface area contributed by atoms with Gasteiger partial charge in [-0.1, -0.05) is 29.6 Å². The minimum absolute atomic E-state index is 0.310. The fourth-order valence-corrected chi connectivity index (χ4v) is 2.40. The second-order valence-electron chi connectivity index (χ2n) is 4.59. The Balaban J connectivity index is 2.10. The molecule has 0 atom stereocenters. The van der Waals surface area contributed by atoms with E-state index in [1.54, 1.807) is 0 Å². The molecule has 0 aliphatic heterocycles. The number of nitriles is 1. The van der Waals surface area contributed by atoms with Crippen molar-refractivity contribution >= 4 is 11.8 Å². The Morgan fingerprint density at radius 3 is 2.47 bits per heavy atom. The molecular weight excluding hydrogens is 257 g/mol. The number of rotatable bonds is 1. The van der Waals surface area contributed by atoms with Crippen molar-refractivity contribution in [1.29, 1.82) is 5.26 Å². The number of allylic oxidation sites excluding steroid dienone is 8. The van der Waals surface area contributed by atoms with Crippen molar-refractivity contribution in [3.63, 3.8) is 0 Å². The number of halogens is 1. The van der Waals surface area contributed by atoms with Crippen LogP contribution in [0.5, 0.6) is 0 Å². The lowest BCUT2D eigenvalue weighted by atomic mass is 9.99. The second kappa shape index (κ2) is 6.45. The maximum Gasteiger partial charge on any atom is 0.138 e. The third-order valence-corrected chi connectivity index (χ3v) is 3.84. The van der Waals surface area contributed by atoms with Crippen LogP contribution in [0.1, 0.15) is 32.6 Å². The van der Waals surface area contributed by atoms with Crippen molar-refractivity contribution in [1.82, 2.24) is 0 Å². The molecule has 3 heteroatoms.